The molecule has 136 valence electrons. The van der Waals surface area contributed by atoms with E-state index in [1.807, 2.05) is 0 Å². The fourth-order valence-electron chi connectivity index (χ4n) is 4.12. The highest BCUT2D eigenvalue weighted by molar-refractivity contribution is 5.99. The highest BCUT2D eigenvalue weighted by Crippen LogP contribution is 2.49. The third kappa shape index (κ3) is 2.57. The third-order valence-electron chi connectivity index (χ3n) is 5.61. The summed E-state index contributed by atoms with van der Waals surface area (Å²) in [5, 5.41) is 0. The summed E-state index contributed by atoms with van der Waals surface area (Å²) < 4.78 is 0. The smallest absolute Gasteiger partial charge is 0.0656 e. The van der Waals surface area contributed by atoms with E-state index < -0.39 is 0 Å². The Bertz CT molecular complexity index is 1040. The minimum atomic E-state index is 1.22. The van der Waals surface area contributed by atoms with Crippen molar-refractivity contribution in [2.45, 2.75) is 0 Å². The highest BCUT2D eigenvalue weighted by Gasteiger charge is 2.25. The Hall–Kier alpha value is -3.52. The Balaban J connectivity index is 1.79. The second kappa shape index (κ2) is 6.58. The fraction of sp³-hybridized carbons (Fsp3) is 0.0769. The van der Waals surface area contributed by atoms with E-state index in [0.717, 1.165) is 0 Å². The van der Waals surface area contributed by atoms with Crippen LogP contribution in [-0.2, 0) is 0 Å². The number of fused-ring (bicyclic) bond motifs is 2. The van der Waals surface area contributed by atoms with Crippen LogP contribution in [0.15, 0.2) is 97.1 Å². The van der Waals surface area contributed by atoms with Gasteiger partial charge in [0.15, 0.2) is 0 Å². The van der Waals surface area contributed by atoms with Crippen LogP contribution in [-0.4, -0.2) is 14.1 Å². The topological polar surface area (TPSA) is 6.48 Å². The number of benzene rings is 4. The molecular weight excluding hydrogens is 340 g/mol. The lowest BCUT2D eigenvalue weighted by atomic mass is 9.92. The molecule has 5 rings (SSSR count). The third-order valence-corrected chi connectivity index (χ3v) is 5.61. The first-order chi connectivity index (χ1) is 13.7. The molecule has 0 atom stereocenters. The van der Waals surface area contributed by atoms with Gasteiger partial charge in [-0.15, -0.1) is 0 Å². The Morgan fingerprint density at radius 1 is 0.429 bits per heavy atom. The van der Waals surface area contributed by atoms with Crippen molar-refractivity contribution in [3.05, 3.63) is 97.1 Å². The van der Waals surface area contributed by atoms with Gasteiger partial charge in [0.1, 0.15) is 0 Å². The van der Waals surface area contributed by atoms with Crippen molar-refractivity contribution in [3.63, 3.8) is 0 Å². The summed E-state index contributed by atoms with van der Waals surface area (Å²) in [6.45, 7) is 0. The lowest BCUT2D eigenvalue weighted by molar-refractivity contribution is 1.10. The number of hydrogen-bond acceptors (Lipinski definition) is 2. The van der Waals surface area contributed by atoms with E-state index in [9.17, 15) is 0 Å². The molecule has 2 heteroatoms. The van der Waals surface area contributed by atoms with Gasteiger partial charge >= 0.3 is 0 Å². The monoisotopic (exact) mass is 362 g/mol. The normalized spacial score (nSPS) is 12.5. The van der Waals surface area contributed by atoms with E-state index in [2.05, 4.69) is 121 Å². The number of para-hydroxylation sites is 2. The molecule has 0 radical (unpaired) electrons. The molecule has 0 aliphatic carbocycles. The van der Waals surface area contributed by atoms with Crippen LogP contribution in [0.5, 0.6) is 0 Å². The molecule has 0 saturated carbocycles. The second-order valence-corrected chi connectivity index (χ2v) is 7.23. The average Bonchev–Trinajstić information content (AvgIpc) is 2.78. The summed E-state index contributed by atoms with van der Waals surface area (Å²) in [6.07, 6.45) is 0. The van der Waals surface area contributed by atoms with Gasteiger partial charge in [0, 0.05) is 14.1 Å². The summed E-state index contributed by atoms with van der Waals surface area (Å²) in [7, 11) is 4.31. The molecule has 4 aromatic carbocycles. The lowest BCUT2D eigenvalue weighted by Gasteiger charge is -2.37. The highest BCUT2D eigenvalue weighted by atomic mass is 15.2. The van der Waals surface area contributed by atoms with E-state index in [1.165, 1.54) is 45.0 Å². The second-order valence-electron chi connectivity index (χ2n) is 7.23. The molecule has 1 aliphatic heterocycles. The van der Waals surface area contributed by atoms with Crippen molar-refractivity contribution in [1.29, 1.82) is 0 Å². The van der Waals surface area contributed by atoms with Crippen molar-refractivity contribution >= 4 is 22.7 Å². The van der Waals surface area contributed by atoms with Crippen molar-refractivity contribution in [2.75, 3.05) is 23.9 Å². The lowest BCUT2D eigenvalue weighted by Crippen LogP contribution is -2.24. The van der Waals surface area contributed by atoms with E-state index in [0.29, 0.717) is 0 Å². The van der Waals surface area contributed by atoms with Gasteiger partial charge < -0.3 is 9.80 Å². The zero-order valence-electron chi connectivity index (χ0n) is 16.1. The van der Waals surface area contributed by atoms with Crippen molar-refractivity contribution in [1.82, 2.24) is 0 Å². The van der Waals surface area contributed by atoms with Gasteiger partial charge in [-0.05, 0) is 46.5 Å². The quantitative estimate of drug-likeness (QED) is 0.384. The van der Waals surface area contributed by atoms with Gasteiger partial charge in [-0.1, -0.05) is 72.8 Å². The van der Waals surface area contributed by atoms with Crippen LogP contribution in [0.4, 0.5) is 22.7 Å². The van der Waals surface area contributed by atoms with Gasteiger partial charge in [-0.3, -0.25) is 0 Å². The maximum absolute atomic E-state index is 2.33. The molecule has 2 nitrogen and oxygen atoms in total. The number of nitrogens with zero attached hydrogens (tertiary/aromatic N) is 2. The SMILES string of the molecule is CN1c2ccccc2N(C)c2cc(-c3ccccc3)c(-c3ccccc3)cc21. The standard InChI is InChI=1S/C26H22N2/c1-27-23-15-9-10-16-24(23)28(2)26-18-22(20-13-7-4-8-14-20)21(17-25(26)27)19-11-5-3-6-12-19/h3-18H,1-2H3. The Labute approximate surface area is 166 Å². The number of anilines is 4. The molecule has 1 heterocycles. The summed E-state index contributed by atoms with van der Waals surface area (Å²) in [5.74, 6) is 0. The largest absolute Gasteiger partial charge is 0.341 e. The van der Waals surface area contributed by atoms with Gasteiger partial charge in [0.05, 0.1) is 22.7 Å². The first kappa shape index (κ1) is 16.6. The van der Waals surface area contributed by atoms with Crippen LogP contribution >= 0.6 is 0 Å². The predicted molar refractivity (Wildman–Crippen MR) is 120 cm³/mol. The molecule has 0 saturated heterocycles. The van der Waals surface area contributed by atoms with Crippen molar-refractivity contribution < 1.29 is 0 Å². The molecule has 0 aromatic heterocycles. The van der Waals surface area contributed by atoms with E-state index in [4.69, 9.17) is 0 Å². The van der Waals surface area contributed by atoms with Crippen molar-refractivity contribution in [2.24, 2.45) is 0 Å². The predicted octanol–water partition coefficient (Wildman–Crippen LogP) is 6.87. The molecule has 0 amide bonds. The first-order valence-electron chi connectivity index (χ1n) is 9.59. The van der Waals surface area contributed by atoms with Crippen molar-refractivity contribution in [3.8, 4) is 22.3 Å². The van der Waals surface area contributed by atoms with Crippen LogP contribution in [0.2, 0.25) is 0 Å². The van der Waals surface area contributed by atoms with Gasteiger partial charge in [-0.25, -0.2) is 0 Å². The average molecular weight is 362 g/mol. The van der Waals surface area contributed by atoms with Crippen LogP contribution < -0.4 is 9.80 Å². The van der Waals surface area contributed by atoms with Gasteiger partial charge in [0.2, 0.25) is 0 Å². The zero-order chi connectivity index (χ0) is 19.1. The van der Waals surface area contributed by atoms with Crippen LogP contribution in [0.1, 0.15) is 0 Å². The summed E-state index contributed by atoms with van der Waals surface area (Å²) in [4.78, 5) is 4.60. The maximum atomic E-state index is 2.33. The van der Waals surface area contributed by atoms with Gasteiger partial charge in [-0.2, -0.15) is 0 Å². The maximum Gasteiger partial charge on any atom is 0.0656 e. The molecule has 0 unspecified atom stereocenters. The molecule has 28 heavy (non-hydrogen) atoms. The molecule has 0 spiro atoms. The molecule has 1 aliphatic rings. The minimum absolute atomic E-state index is 1.22. The minimum Gasteiger partial charge on any atom is -0.341 e. The Morgan fingerprint density at radius 3 is 1.18 bits per heavy atom. The molecular formula is C26H22N2. The molecule has 0 N–H and O–H groups in total. The zero-order valence-corrected chi connectivity index (χ0v) is 16.1. The summed E-state index contributed by atoms with van der Waals surface area (Å²) in [6, 6.07) is 34.6. The summed E-state index contributed by atoms with van der Waals surface area (Å²) in [5.41, 5.74) is 9.88. The van der Waals surface area contributed by atoms with E-state index >= 15 is 0 Å². The molecule has 4 aromatic rings. The Kier molecular flexibility index (Phi) is 3.91. The van der Waals surface area contributed by atoms with E-state index in [1.54, 1.807) is 0 Å². The molecule has 0 fully saturated rings. The number of hydrogen-bond donors (Lipinski definition) is 0. The van der Waals surface area contributed by atoms with Gasteiger partial charge in [0.25, 0.3) is 0 Å². The molecule has 0 bridgehead atoms. The van der Waals surface area contributed by atoms with E-state index in [-0.39, 0.29) is 0 Å². The van der Waals surface area contributed by atoms with Crippen LogP contribution in [0.3, 0.4) is 0 Å². The van der Waals surface area contributed by atoms with Crippen LogP contribution in [0, 0.1) is 0 Å². The fourth-order valence-corrected chi connectivity index (χ4v) is 4.12. The first-order valence-corrected chi connectivity index (χ1v) is 9.59. The number of rotatable bonds is 2. The summed E-state index contributed by atoms with van der Waals surface area (Å²) >= 11 is 0. The Morgan fingerprint density at radius 2 is 0.786 bits per heavy atom. The van der Waals surface area contributed by atoms with Crippen LogP contribution in [0.25, 0.3) is 22.3 Å².